The third-order valence-corrected chi connectivity index (χ3v) is 5.87. The summed E-state index contributed by atoms with van der Waals surface area (Å²) in [4.78, 5) is 38.3. The molecular formula is C17H21N3O6S. The van der Waals surface area contributed by atoms with Crippen molar-refractivity contribution in [1.29, 1.82) is 0 Å². The van der Waals surface area contributed by atoms with E-state index >= 15 is 0 Å². The molecule has 2 heterocycles. The zero-order valence-electron chi connectivity index (χ0n) is 15.0. The molecule has 2 atom stereocenters. The average Bonchev–Trinajstić information content (AvgIpc) is 3.10. The maximum absolute atomic E-state index is 12.8. The quantitative estimate of drug-likeness (QED) is 0.735. The van der Waals surface area contributed by atoms with Crippen molar-refractivity contribution in [1.82, 2.24) is 4.31 Å². The number of fused-ring (bicyclic) bond motifs is 1. The Morgan fingerprint density at radius 3 is 2.70 bits per heavy atom. The molecular weight excluding hydrogens is 374 g/mol. The van der Waals surface area contributed by atoms with E-state index in [1.54, 1.807) is 24.3 Å². The van der Waals surface area contributed by atoms with Crippen LogP contribution in [0, 0.1) is 0 Å². The van der Waals surface area contributed by atoms with Gasteiger partial charge in [-0.15, -0.1) is 0 Å². The summed E-state index contributed by atoms with van der Waals surface area (Å²) in [7, 11) is -3.54. The lowest BCUT2D eigenvalue weighted by atomic mass is 10.1. The number of nitrogens with one attached hydrogen (secondary N) is 1. The van der Waals surface area contributed by atoms with Gasteiger partial charge in [0, 0.05) is 6.54 Å². The molecule has 9 nitrogen and oxygen atoms in total. The fraction of sp³-hybridized carbons (Fsp3) is 0.471. The third kappa shape index (κ3) is 3.96. The summed E-state index contributed by atoms with van der Waals surface area (Å²) in [5, 5.41) is 2.68. The zero-order valence-corrected chi connectivity index (χ0v) is 15.9. The van der Waals surface area contributed by atoms with E-state index in [1.165, 1.54) is 11.8 Å². The van der Waals surface area contributed by atoms with E-state index in [4.69, 9.17) is 4.74 Å². The Morgan fingerprint density at radius 1 is 1.30 bits per heavy atom. The van der Waals surface area contributed by atoms with Crippen molar-refractivity contribution in [2.75, 3.05) is 29.6 Å². The Hall–Kier alpha value is -2.46. The fourth-order valence-electron chi connectivity index (χ4n) is 3.33. The molecule has 1 fully saturated rings. The lowest BCUT2D eigenvalue weighted by Crippen LogP contribution is -2.48. The van der Waals surface area contributed by atoms with Gasteiger partial charge in [0.05, 0.1) is 17.6 Å². The Kier molecular flexibility index (Phi) is 5.20. The molecule has 1 aromatic carbocycles. The molecule has 2 aliphatic rings. The first-order chi connectivity index (χ1) is 12.7. The van der Waals surface area contributed by atoms with Crippen LogP contribution in [0.25, 0.3) is 0 Å². The van der Waals surface area contributed by atoms with Gasteiger partial charge in [0.2, 0.25) is 15.9 Å². The minimum atomic E-state index is -3.54. The van der Waals surface area contributed by atoms with Gasteiger partial charge in [0.15, 0.2) is 6.10 Å². The number of sulfonamides is 1. The van der Waals surface area contributed by atoms with Gasteiger partial charge < -0.3 is 10.1 Å². The second kappa shape index (κ2) is 7.28. The minimum absolute atomic E-state index is 0.184. The summed E-state index contributed by atoms with van der Waals surface area (Å²) in [6.07, 6.45) is 0.783. The standard InChI is InChI=1S/C17H21N3O6S/c1-11(26-17(23)14-8-5-9-20(14)27(2,24)25)16(22)19-10-15(21)18-12-6-3-4-7-13(12)19/h3-4,6-7,11,14H,5,8-10H2,1-2H3,(H,18,21)/t11-,14+/m0/s1. The van der Waals surface area contributed by atoms with Gasteiger partial charge in [-0.3, -0.25) is 19.3 Å². The Balaban J connectivity index is 1.73. The number of carbonyl (C=O) groups excluding carboxylic acids is 3. The van der Waals surface area contributed by atoms with Crippen molar-refractivity contribution in [3.8, 4) is 0 Å². The lowest BCUT2D eigenvalue weighted by Gasteiger charge is -2.31. The van der Waals surface area contributed by atoms with E-state index in [0.29, 0.717) is 24.2 Å². The molecule has 1 saturated heterocycles. The van der Waals surface area contributed by atoms with Crippen LogP contribution in [0.2, 0.25) is 0 Å². The van der Waals surface area contributed by atoms with Gasteiger partial charge >= 0.3 is 5.97 Å². The number of anilines is 2. The maximum Gasteiger partial charge on any atom is 0.325 e. The van der Waals surface area contributed by atoms with Crippen LogP contribution in [0.1, 0.15) is 19.8 Å². The zero-order chi connectivity index (χ0) is 19.8. The SMILES string of the molecule is C[C@H](OC(=O)[C@H]1CCCN1S(C)(=O)=O)C(=O)N1CC(=O)Nc2ccccc21. The molecule has 2 amide bonds. The summed E-state index contributed by atoms with van der Waals surface area (Å²) < 4.78 is 29.9. The van der Waals surface area contributed by atoms with E-state index in [1.807, 2.05) is 0 Å². The fourth-order valence-corrected chi connectivity index (χ4v) is 4.44. The van der Waals surface area contributed by atoms with Crippen LogP contribution in [0.4, 0.5) is 11.4 Å². The highest BCUT2D eigenvalue weighted by Gasteiger charge is 2.39. The highest BCUT2D eigenvalue weighted by atomic mass is 32.2. The van der Waals surface area contributed by atoms with Crippen LogP contribution in [0.15, 0.2) is 24.3 Å². The first-order valence-corrected chi connectivity index (χ1v) is 10.4. The lowest BCUT2D eigenvalue weighted by molar-refractivity contribution is -0.157. The molecule has 0 aliphatic carbocycles. The van der Waals surface area contributed by atoms with Crippen molar-refractivity contribution in [2.45, 2.75) is 31.9 Å². The molecule has 0 unspecified atom stereocenters. The predicted octanol–water partition coefficient (Wildman–Crippen LogP) is 0.327. The van der Waals surface area contributed by atoms with Gasteiger partial charge in [-0.25, -0.2) is 8.42 Å². The normalized spacial score (nSPS) is 21.3. The second-order valence-electron chi connectivity index (χ2n) is 6.60. The second-order valence-corrected chi connectivity index (χ2v) is 8.54. The number of rotatable bonds is 4. The van der Waals surface area contributed by atoms with Crippen LogP contribution < -0.4 is 10.2 Å². The van der Waals surface area contributed by atoms with Gasteiger partial charge in [-0.05, 0) is 31.9 Å². The topological polar surface area (TPSA) is 113 Å². The van der Waals surface area contributed by atoms with E-state index in [-0.39, 0.29) is 19.0 Å². The molecule has 1 N–H and O–H groups in total. The highest BCUT2D eigenvalue weighted by Crippen LogP contribution is 2.30. The number of esters is 1. The number of amides is 2. The summed E-state index contributed by atoms with van der Waals surface area (Å²) in [6.45, 7) is 1.48. The Bertz CT molecular complexity index is 884. The molecule has 146 valence electrons. The number of hydrogen-bond donors (Lipinski definition) is 1. The monoisotopic (exact) mass is 395 g/mol. The number of benzene rings is 1. The highest BCUT2D eigenvalue weighted by molar-refractivity contribution is 7.88. The summed E-state index contributed by atoms with van der Waals surface area (Å²) in [5.74, 6) is -1.65. The minimum Gasteiger partial charge on any atom is -0.451 e. The van der Waals surface area contributed by atoms with E-state index in [0.717, 1.165) is 10.6 Å². The molecule has 27 heavy (non-hydrogen) atoms. The molecule has 3 rings (SSSR count). The van der Waals surface area contributed by atoms with E-state index in [2.05, 4.69) is 5.32 Å². The van der Waals surface area contributed by atoms with Crippen molar-refractivity contribution in [2.24, 2.45) is 0 Å². The number of para-hydroxylation sites is 2. The molecule has 0 radical (unpaired) electrons. The van der Waals surface area contributed by atoms with Crippen LogP contribution in [0.5, 0.6) is 0 Å². The van der Waals surface area contributed by atoms with Crippen molar-refractivity contribution >= 4 is 39.2 Å². The largest absolute Gasteiger partial charge is 0.451 e. The van der Waals surface area contributed by atoms with Gasteiger partial charge in [-0.1, -0.05) is 12.1 Å². The van der Waals surface area contributed by atoms with Crippen LogP contribution in [-0.2, 0) is 29.1 Å². The molecule has 0 bridgehead atoms. The summed E-state index contributed by atoms with van der Waals surface area (Å²) >= 11 is 0. The van der Waals surface area contributed by atoms with E-state index in [9.17, 15) is 22.8 Å². The van der Waals surface area contributed by atoms with Gasteiger partial charge in [0.1, 0.15) is 12.6 Å². The molecule has 0 spiro atoms. The van der Waals surface area contributed by atoms with Crippen molar-refractivity contribution in [3.05, 3.63) is 24.3 Å². The van der Waals surface area contributed by atoms with Crippen LogP contribution in [-0.4, -0.2) is 62.0 Å². The molecule has 1 aromatic rings. The molecule has 10 heteroatoms. The maximum atomic E-state index is 12.8. The first-order valence-electron chi connectivity index (χ1n) is 8.56. The molecule has 0 saturated carbocycles. The first kappa shape index (κ1) is 19.3. The number of ether oxygens (including phenoxy) is 1. The average molecular weight is 395 g/mol. The molecule has 0 aromatic heterocycles. The Labute approximate surface area is 157 Å². The third-order valence-electron chi connectivity index (χ3n) is 4.58. The van der Waals surface area contributed by atoms with Gasteiger partial charge in [0.25, 0.3) is 5.91 Å². The van der Waals surface area contributed by atoms with Crippen molar-refractivity contribution < 1.29 is 27.5 Å². The molecule has 2 aliphatic heterocycles. The summed E-state index contributed by atoms with van der Waals surface area (Å²) in [5.41, 5.74) is 1.02. The number of nitrogens with zero attached hydrogens (tertiary/aromatic N) is 2. The Morgan fingerprint density at radius 2 is 2.00 bits per heavy atom. The van der Waals surface area contributed by atoms with E-state index < -0.39 is 34.0 Å². The van der Waals surface area contributed by atoms with Gasteiger partial charge in [-0.2, -0.15) is 4.31 Å². The predicted molar refractivity (Wildman–Crippen MR) is 97.6 cm³/mol. The summed E-state index contributed by atoms with van der Waals surface area (Å²) in [6, 6.07) is 5.90. The van der Waals surface area contributed by atoms with Crippen LogP contribution >= 0.6 is 0 Å². The van der Waals surface area contributed by atoms with Crippen LogP contribution in [0.3, 0.4) is 0 Å². The smallest absolute Gasteiger partial charge is 0.325 e. The number of hydrogen-bond acceptors (Lipinski definition) is 6. The van der Waals surface area contributed by atoms with Crippen molar-refractivity contribution in [3.63, 3.8) is 0 Å². The number of carbonyl (C=O) groups is 3.